The van der Waals surface area contributed by atoms with E-state index in [4.69, 9.17) is 4.74 Å². The minimum Gasteiger partial charge on any atom is -0.468 e. The second kappa shape index (κ2) is 10.1. The number of rotatable bonds is 6. The molecule has 0 radical (unpaired) electrons. The van der Waals surface area contributed by atoms with Crippen molar-refractivity contribution in [3.05, 3.63) is 124 Å². The number of carbonyl (C=O) groups is 3. The van der Waals surface area contributed by atoms with Crippen molar-refractivity contribution in [3.63, 3.8) is 0 Å². The maximum atomic E-state index is 14.3. The minimum absolute atomic E-state index is 0.351. The monoisotopic (exact) mass is 551 g/mol. The maximum absolute atomic E-state index is 14.3. The molecule has 208 valence electrons. The molecule has 3 aliphatic heterocycles. The Hall–Kier alpha value is -4.63. The normalized spacial score (nSPS) is 30.9. The van der Waals surface area contributed by atoms with E-state index in [1.54, 1.807) is 59.5 Å². The van der Waals surface area contributed by atoms with Gasteiger partial charge in [0, 0.05) is 18.0 Å². The summed E-state index contributed by atoms with van der Waals surface area (Å²) in [5.74, 6) is -4.92. The van der Waals surface area contributed by atoms with Gasteiger partial charge in [0.25, 0.3) is 0 Å². The van der Waals surface area contributed by atoms with Crippen molar-refractivity contribution in [2.75, 3.05) is 14.2 Å². The summed E-state index contributed by atoms with van der Waals surface area (Å²) in [7, 11) is 2.63. The number of esters is 1. The summed E-state index contributed by atoms with van der Waals surface area (Å²) in [6.45, 7) is 0. The van der Waals surface area contributed by atoms with Crippen molar-refractivity contribution in [1.82, 2.24) is 9.80 Å². The van der Waals surface area contributed by atoms with E-state index in [1.807, 2.05) is 48.6 Å². The summed E-state index contributed by atoms with van der Waals surface area (Å²) in [5, 5.41) is 13.1. The van der Waals surface area contributed by atoms with Gasteiger partial charge in [-0.25, -0.2) is 4.79 Å². The van der Waals surface area contributed by atoms with Gasteiger partial charge in [0.1, 0.15) is 11.6 Å². The molecule has 0 unspecified atom stereocenters. The van der Waals surface area contributed by atoms with Gasteiger partial charge >= 0.3 is 5.97 Å². The van der Waals surface area contributed by atoms with Crippen molar-refractivity contribution in [2.24, 2.45) is 11.8 Å². The van der Waals surface area contributed by atoms with Crippen molar-refractivity contribution < 1.29 is 24.0 Å². The molecule has 6 rings (SSSR count). The Labute approximate surface area is 237 Å². The molecular formula is C32H29N3O6. The maximum Gasteiger partial charge on any atom is 0.328 e. The first-order chi connectivity index (χ1) is 19.8. The van der Waals surface area contributed by atoms with E-state index in [9.17, 15) is 24.5 Å². The third-order valence-corrected chi connectivity index (χ3v) is 8.94. The topological polar surface area (TPSA) is 110 Å². The van der Waals surface area contributed by atoms with Crippen LogP contribution in [-0.2, 0) is 19.1 Å². The van der Waals surface area contributed by atoms with E-state index >= 15 is 0 Å². The Morgan fingerprint density at radius 2 is 1.44 bits per heavy atom. The fourth-order valence-electron chi connectivity index (χ4n) is 7.47. The number of methoxy groups -OCH3 is 1. The molecule has 41 heavy (non-hydrogen) atoms. The zero-order chi connectivity index (χ0) is 28.9. The van der Waals surface area contributed by atoms with Crippen LogP contribution >= 0.6 is 0 Å². The number of amides is 2. The van der Waals surface area contributed by atoms with Gasteiger partial charge in [0.2, 0.25) is 17.9 Å². The van der Waals surface area contributed by atoms with Gasteiger partial charge in [-0.1, -0.05) is 103 Å². The van der Waals surface area contributed by atoms with Crippen molar-refractivity contribution in [1.29, 1.82) is 0 Å². The summed E-state index contributed by atoms with van der Waals surface area (Å²) in [5.41, 5.74) is 0.185. The van der Waals surface area contributed by atoms with E-state index < -0.39 is 59.2 Å². The molecule has 3 aliphatic rings. The van der Waals surface area contributed by atoms with E-state index in [2.05, 4.69) is 0 Å². The van der Waals surface area contributed by atoms with Crippen LogP contribution in [0.1, 0.15) is 28.7 Å². The first-order valence-corrected chi connectivity index (χ1v) is 13.5. The van der Waals surface area contributed by atoms with Crippen LogP contribution in [0.4, 0.5) is 0 Å². The fourth-order valence-corrected chi connectivity index (χ4v) is 7.47. The number of benzene rings is 3. The van der Waals surface area contributed by atoms with Crippen LogP contribution in [0.3, 0.4) is 0 Å². The summed E-state index contributed by atoms with van der Waals surface area (Å²) in [4.78, 5) is 57.6. The summed E-state index contributed by atoms with van der Waals surface area (Å²) in [6, 6.07) is 24.1. The average Bonchev–Trinajstić information content (AvgIpc) is 3.56. The summed E-state index contributed by atoms with van der Waals surface area (Å²) in [6.07, 6.45) is 3.65. The van der Waals surface area contributed by atoms with E-state index in [1.165, 1.54) is 14.2 Å². The fraction of sp³-hybridized carbons (Fsp3) is 0.281. The molecule has 3 heterocycles. The van der Waals surface area contributed by atoms with Gasteiger partial charge in [0.15, 0.2) is 0 Å². The van der Waals surface area contributed by atoms with Gasteiger partial charge < -0.3 is 4.74 Å². The molecule has 0 aliphatic carbocycles. The Kier molecular flexibility index (Phi) is 6.54. The predicted molar refractivity (Wildman–Crippen MR) is 150 cm³/mol. The lowest BCUT2D eigenvalue weighted by atomic mass is 9.68. The zero-order valence-corrected chi connectivity index (χ0v) is 22.6. The van der Waals surface area contributed by atoms with E-state index in [0.717, 1.165) is 10.5 Å². The number of fused-ring (bicyclic) bond motifs is 3. The lowest BCUT2D eigenvalue weighted by Gasteiger charge is -2.39. The molecule has 7 atom stereocenters. The van der Waals surface area contributed by atoms with E-state index in [0.29, 0.717) is 11.1 Å². The van der Waals surface area contributed by atoms with Crippen molar-refractivity contribution in [2.45, 2.75) is 29.6 Å². The Bertz CT molecular complexity index is 1530. The molecule has 0 N–H and O–H groups in total. The first kappa shape index (κ1) is 26.6. The highest BCUT2D eigenvalue weighted by atomic mass is 16.6. The van der Waals surface area contributed by atoms with Crippen LogP contribution in [0.2, 0.25) is 0 Å². The second-order valence-electron chi connectivity index (χ2n) is 10.7. The molecule has 0 spiro atoms. The third-order valence-electron chi connectivity index (χ3n) is 8.94. The van der Waals surface area contributed by atoms with Crippen molar-refractivity contribution >= 4 is 23.9 Å². The van der Waals surface area contributed by atoms with Crippen LogP contribution in [-0.4, -0.2) is 64.3 Å². The highest BCUT2D eigenvalue weighted by Gasteiger charge is 2.82. The molecule has 0 aromatic heterocycles. The van der Waals surface area contributed by atoms with Crippen LogP contribution in [0.25, 0.3) is 6.08 Å². The standard InChI is InChI=1S/C32H29N3O6/c1-33-29(36)24-23(19-18-20-12-6-3-7-13-20)34-27(22-16-10-5-11-17-22)28(35(39)40)25(21-14-8-4-9-15-21)32(34,31(38)41-2)26(24)30(33)37/h3-19,23-28H,1-2H3/b19-18+/t23-,24+,25+,26-,27-,28+,32+/m0/s1. The zero-order valence-electron chi connectivity index (χ0n) is 22.6. The van der Waals surface area contributed by atoms with Gasteiger partial charge in [0.05, 0.1) is 24.9 Å². The van der Waals surface area contributed by atoms with Gasteiger partial charge in [-0.15, -0.1) is 0 Å². The van der Waals surface area contributed by atoms with Gasteiger partial charge in [-0.05, 0) is 16.7 Å². The third kappa shape index (κ3) is 3.76. The van der Waals surface area contributed by atoms with Gasteiger partial charge in [-0.3, -0.25) is 29.5 Å². The SMILES string of the molecule is COC(=O)[C@@]12[C@@H]3C(=O)N(C)C(=O)[C@@H]3[C@H](/C=C/c3ccccc3)N1[C@@H](c1ccccc1)[C@H]([N+](=O)[O-])[C@H]2c1ccccc1. The highest BCUT2D eigenvalue weighted by Crippen LogP contribution is 2.65. The van der Waals surface area contributed by atoms with Crippen LogP contribution < -0.4 is 0 Å². The minimum atomic E-state index is -1.82. The smallest absolute Gasteiger partial charge is 0.328 e. The van der Waals surface area contributed by atoms with Crippen LogP contribution in [0.15, 0.2) is 97.1 Å². The molecule has 9 nitrogen and oxygen atoms in total. The number of imide groups is 1. The Morgan fingerprint density at radius 1 is 0.878 bits per heavy atom. The van der Waals surface area contributed by atoms with E-state index in [-0.39, 0.29) is 4.92 Å². The molecule has 3 saturated heterocycles. The lowest BCUT2D eigenvalue weighted by Crippen LogP contribution is -2.58. The number of ether oxygens (including phenoxy) is 1. The molecule has 3 aromatic carbocycles. The summed E-state index contributed by atoms with van der Waals surface area (Å²) >= 11 is 0. The summed E-state index contributed by atoms with van der Waals surface area (Å²) < 4.78 is 5.43. The number of nitro groups is 1. The molecule has 3 aromatic rings. The number of nitrogens with zero attached hydrogens (tertiary/aromatic N) is 3. The molecule has 9 heteroatoms. The average molecular weight is 552 g/mol. The molecule has 0 saturated carbocycles. The number of hydrogen-bond donors (Lipinski definition) is 0. The Balaban J connectivity index is 1.69. The number of carbonyl (C=O) groups excluding carboxylic acids is 3. The second-order valence-corrected chi connectivity index (χ2v) is 10.7. The first-order valence-electron chi connectivity index (χ1n) is 13.5. The lowest BCUT2D eigenvalue weighted by molar-refractivity contribution is -0.529. The molecular weight excluding hydrogens is 522 g/mol. The van der Waals surface area contributed by atoms with Crippen LogP contribution in [0, 0.1) is 22.0 Å². The molecule has 2 amide bonds. The quantitative estimate of drug-likeness (QED) is 0.199. The van der Waals surface area contributed by atoms with Crippen molar-refractivity contribution in [3.8, 4) is 0 Å². The van der Waals surface area contributed by atoms with Crippen LogP contribution in [0.5, 0.6) is 0 Å². The number of likely N-dealkylation sites (tertiary alicyclic amines) is 1. The Morgan fingerprint density at radius 3 is 2.00 bits per heavy atom. The molecule has 0 bridgehead atoms. The molecule has 3 fully saturated rings. The largest absolute Gasteiger partial charge is 0.468 e. The number of hydrogen-bond acceptors (Lipinski definition) is 7. The predicted octanol–water partition coefficient (Wildman–Crippen LogP) is 3.71. The van der Waals surface area contributed by atoms with Gasteiger partial charge in [-0.2, -0.15) is 0 Å². The highest BCUT2D eigenvalue weighted by molar-refractivity contribution is 6.10.